The first kappa shape index (κ1) is 8.85. The zero-order chi connectivity index (χ0) is 8.81. The number of ether oxygens (including phenoxy) is 1. The molecule has 0 unspecified atom stereocenters. The van der Waals surface area contributed by atoms with Crippen LogP contribution in [0, 0.1) is 0 Å². The Morgan fingerprint density at radius 1 is 1.42 bits per heavy atom. The second-order valence-electron chi connectivity index (χ2n) is 2.42. The Morgan fingerprint density at radius 2 is 2.08 bits per heavy atom. The van der Waals surface area contributed by atoms with E-state index in [0.717, 1.165) is 5.56 Å². The minimum Gasteiger partial charge on any atom is -0.477 e. The molecule has 0 aliphatic heterocycles. The van der Waals surface area contributed by atoms with Gasteiger partial charge in [-0.1, -0.05) is 35.9 Å². The van der Waals surface area contributed by atoms with E-state index < -0.39 is 0 Å². The standard InChI is InChI=1S/C9H10BO2/c1-12-9(11)10-7-8-5-3-2-4-6-8/h2-6H,7H2,1H3. The van der Waals surface area contributed by atoms with Crippen LogP contribution < -0.4 is 0 Å². The van der Waals surface area contributed by atoms with Crippen LogP contribution in [0.4, 0.5) is 4.79 Å². The summed E-state index contributed by atoms with van der Waals surface area (Å²) in [6.45, 7) is 0. The predicted molar refractivity (Wildman–Crippen MR) is 48.3 cm³/mol. The van der Waals surface area contributed by atoms with Gasteiger partial charge in [-0.05, 0) is 6.32 Å². The lowest BCUT2D eigenvalue weighted by Crippen LogP contribution is -2.11. The maximum absolute atomic E-state index is 10.7. The summed E-state index contributed by atoms with van der Waals surface area (Å²) in [4.78, 5) is 10.7. The lowest BCUT2D eigenvalue weighted by molar-refractivity contribution is 0.197. The zero-order valence-electron chi connectivity index (χ0n) is 6.99. The molecule has 61 valence electrons. The molecule has 1 aromatic carbocycles. The molecule has 2 nitrogen and oxygen atoms in total. The fraction of sp³-hybridized carbons (Fsp3) is 0.222. The zero-order valence-corrected chi connectivity index (χ0v) is 6.99. The highest BCUT2D eigenvalue weighted by Crippen LogP contribution is 1.98. The van der Waals surface area contributed by atoms with E-state index in [-0.39, 0.29) is 5.87 Å². The number of rotatable bonds is 3. The molecule has 0 N–H and O–H groups in total. The van der Waals surface area contributed by atoms with E-state index in [0.29, 0.717) is 6.32 Å². The van der Waals surface area contributed by atoms with Crippen molar-refractivity contribution in [3.05, 3.63) is 35.9 Å². The van der Waals surface area contributed by atoms with Crippen molar-refractivity contribution in [1.82, 2.24) is 0 Å². The minimum atomic E-state index is -0.279. The van der Waals surface area contributed by atoms with Gasteiger partial charge in [0, 0.05) is 0 Å². The van der Waals surface area contributed by atoms with Gasteiger partial charge in [-0.2, -0.15) is 0 Å². The highest BCUT2D eigenvalue weighted by atomic mass is 16.5. The van der Waals surface area contributed by atoms with Crippen LogP contribution in [0.1, 0.15) is 5.56 Å². The predicted octanol–water partition coefficient (Wildman–Crippen LogP) is 1.66. The van der Waals surface area contributed by atoms with Crippen molar-refractivity contribution in [1.29, 1.82) is 0 Å². The van der Waals surface area contributed by atoms with E-state index in [9.17, 15) is 4.79 Å². The third kappa shape index (κ3) is 2.78. The summed E-state index contributed by atoms with van der Waals surface area (Å²) in [6, 6.07) is 9.78. The quantitative estimate of drug-likeness (QED) is 0.630. The molecule has 0 fully saturated rings. The highest BCUT2D eigenvalue weighted by Gasteiger charge is 2.02. The summed E-state index contributed by atoms with van der Waals surface area (Å²) in [7, 11) is 2.90. The number of carbonyl (C=O) groups is 1. The Balaban J connectivity index is 2.38. The third-order valence-corrected chi connectivity index (χ3v) is 1.55. The highest BCUT2D eigenvalue weighted by molar-refractivity contribution is 6.71. The smallest absolute Gasteiger partial charge is 0.265 e. The Morgan fingerprint density at radius 3 is 2.67 bits per heavy atom. The lowest BCUT2D eigenvalue weighted by atomic mass is 9.72. The minimum absolute atomic E-state index is 0.279. The average molecular weight is 161 g/mol. The van der Waals surface area contributed by atoms with Crippen LogP contribution in [0.3, 0.4) is 0 Å². The van der Waals surface area contributed by atoms with Crippen LogP contribution in [0.5, 0.6) is 0 Å². The van der Waals surface area contributed by atoms with Crippen molar-refractivity contribution in [3.63, 3.8) is 0 Å². The maximum Gasteiger partial charge on any atom is 0.265 e. The molecule has 1 rings (SSSR count). The number of hydrogen-bond donors (Lipinski definition) is 0. The first-order valence-electron chi connectivity index (χ1n) is 3.78. The van der Waals surface area contributed by atoms with E-state index >= 15 is 0 Å². The Bertz CT molecular complexity index is 246. The molecule has 12 heavy (non-hydrogen) atoms. The summed E-state index contributed by atoms with van der Waals surface area (Å²) in [5.41, 5.74) is 1.11. The summed E-state index contributed by atoms with van der Waals surface area (Å²) in [5, 5.41) is 0. The summed E-state index contributed by atoms with van der Waals surface area (Å²) < 4.78 is 4.48. The van der Waals surface area contributed by atoms with Crippen molar-refractivity contribution in [2.24, 2.45) is 0 Å². The first-order valence-corrected chi connectivity index (χ1v) is 3.78. The van der Waals surface area contributed by atoms with Crippen LogP contribution in [0.2, 0.25) is 0 Å². The van der Waals surface area contributed by atoms with Crippen LogP contribution >= 0.6 is 0 Å². The van der Waals surface area contributed by atoms with Gasteiger partial charge < -0.3 is 4.74 Å². The fourth-order valence-corrected chi connectivity index (χ4v) is 0.899. The summed E-state index contributed by atoms with van der Waals surface area (Å²) in [6.07, 6.45) is 0.632. The molecule has 0 spiro atoms. The molecule has 1 radical (unpaired) electrons. The van der Waals surface area contributed by atoms with E-state index in [4.69, 9.17) is 0 Å². The molecule has 0 bridgehead atoms. The van der Waals surface area contributed by atoms with Crippen molar-refractivity contribution in [3.8, 4) is 0 Å². The average Bonchev–Trinajstić information content (AvgIpc) is 2.16. The topological polar surface area (TPSA) is 26.3 Å². The van der Waals surface area contributed by atoms with Crippen molar-refractivity contribution < 1.29 is 9.53 Å². The second-order valence-corrected chi connectivity index (χ2v) is 2.42. The SMILES string of the molecule is COC(=O)[B]Cc1ccccc1. The molecule has 3 heteroatoms. The van der Waals surface area contributed by atoms with Gasteiger partial charge >= 0.3 is 0 Å². The number of carbonyl (C=O) groups excluding carboxylic acids is 1. The maximum atomic E-state index is 10.7. The summed E-state index contributed by atoms with van der Waals surface area (Å²) >= 11 is 0. The number of methoxy groups -OCH3 is 1. The molecule has 0 saturated carbocycles. The first-order chi connectivity index (χ1) is 5.83. The van der Waals surface area contributed by atoms with E-state index in [1.165, 1.54) is 14.4 Å². The van der Waals surface area contributed by atoms with Gasteiger partial charge in [0.05, 0.1) is 7.11 Å². The normalized spacial score (nSPS) is 9.08. The van der Waals surface area contributed by atoms with Crippen LogP contribution in [-0.2, 0) is 11.1 Å². The van der Waals surface area contributed by atoms with Gasteiger partial charge in [0.2, 0.25) is 5.87 Å². The van der Waals surface area contributed by atoms with E-state index in [1.54, 1.807) is 0 Å². The molecular weight excluding hydrogens is 151 g/mol. The molecule has 0 aliphatic carbocycles. The molecule has 0 aromatic heterocycles. The van der Waals surface area contributed by atoms with Crippen molar-refractivity contribution in [2.45, 2.75) is 6.32 Å². The number of benzene rings is 1. The lowest BCUT2D eigenvalue weighted by Gasteiger charge is -1.97. The monoisotopic (exact) mass is 161 g/mol. The molecule has 0 amide bonds. The van der Waals surface area contributed by atoms with Gasteiger partial charge in [-0.15, -0.1) is 0 Å². The Kier molecular flexibility index (Phi) is 3.39. The third-order valence-electron chi connectivity index (χ3n) is 1.55. The van der Waals surface area contributed by atoms with E-state index in [2.05, 4.69) is 4.74 Å². The summed E-state index contributed by atoms with van der Waals surface area (Å²) in [5.74, 6) is -0.279. The van der Waals surface area contributed by atoms with Crippen LogP contribution in [0.25, 0.3) is 0 Å². The largest absolute Gasteiger partial charge is 0.477 e. The molecule has 0 saturated heterocycles. The van der Waals surface area contributed by atoms with Crippen LogP contribution in [0.15, 0.2) is 30.3 Å². The number of hydrogen-bond acceptors (Lipinski definition) is 2. The van der Waals surface area contributed by atoms with Gasteiger partial charge in [0.25, 0.3) is 7.28 Å². The Hall–Kier alpha value is -1.25. The molecule has 0 heterocycles. The molecular formula is C9H10BO2. The fourth-order valence-electron chi connectivity index (χ4n) is 0.899. The molecule has 0 atom stereocenters. The van der Waals surface area contributed by atoms with Gasteiger partial charge in [0.15, 0.2) is 0 Å². The second kappa shape index (κ2) is 4.60. The molecule has 0 aliphatic rings. The Labute approximate surface area is 72.8 Å². The van der Waals surface area contributed by atoms with Gasteiger partial charge in [-0.25, -0.2) is 0 Å². The van der Waals surface area contributed by atoms with Crippen LogP contribution in [-0.4, -0.2) is 20.3 Å². The van der Waals surface area contributed by atoms with Gasteiger partial charge in [0.1, 0.15) is 0 Å². The van der Waals surface area contributed by atoms with Crippen molar-refractivity contribution >= 4 is 13.1 Å². The van der Waals surface area contributed by atoms with E-state index in [1.807, 2.05) is 30.3 Å². The molecule has 1 aromatic rings. The van der Waals surface area contributed by atoms with Crippen molar-refractivity contribution in [2.75, 3.05) is 7.11 Å². The van der Waals surface area contributed by atoms with Gasteiger partial charge in [-0.3, -0.25) is 4.79 Å².